The van der Waals surface area contributed by atoms with E-state index in [0.717, 1.165) is 18.4 Å². The fraction of sp³-hybridized carbons (Fsp3) is 0.500. The highest BCUT2D eigenvalue weighted by Crippen LogP contribution is 2.14. The lowest BCUT2D eigenvalue weighted by atomic mass is 10.0. The third-order valence-corrected chi connectivity index (χ3v) is 2.15. The predicted octanol–water partition coefficient (Wildman–Crippen LogP) is 2.18. The standard InChI is InChI=1S/C12H16O3/c1-2-15-12(14)8-4-6-10-5-3-7-11(13)9-10/h3,5,9H,2,4,6-8H2,1H3. The van der Waals surface area contributed by atoms with E-state index in [-0.39, 0.29) is 11.8 Å². The second-order valence-corrected chi connectivity index (χ2v) is 3.45. The Kier molecular flexibility index (Phi) is 4.81. The van der Waals surface area contributed by atoms with Crippen LogP contribution in [-0.4, -0.2) is 18.4 Å². The van der Waals surface area contributed by atoms with Gasteiger partial charge in [0.05, 0.1) is 6.61 Å². The Labute approximate surface area is 89.8 Å². The zero-order chi connectivity index (χ0) is 11.1. The average molecular weight is 208 g/mol. The highest BCUT2D eigenvalue weighted by Gasteiger charge is 2.06. The maximum atomic E-state index is 11.1. The summed E-state index contributed by atoms with van der Waals surface area (Å²) in [4.78, 5) is 22.1. The Morgan fingerprint density at radius 2 is 2.33 bits per heavy atom. The van der Waals surface area contributed by atoms with Crippen LogP contribution in [0, 0.1) is 0 Å². The van der Waals surface area contributed by atoms with E-state index in [1.807, 2.05) is 12.2 Å². The lowest BCUT2D eigenvalue weighted by Crippen LogP contribution is -2.04. The molecule has 1 rings (SSSR count). The summed E-state index contributed by atoms with van der Waals surface area (Å²) in [6.07, 6.45) is 7.90. The van der Waals surface area contributed by atoms with Gasteiger partial charge in [0, 0.05) is 12.8 Å². The lowest BCUT2D eigenvalue weighted by Gasteiger charge is -2.05. The van der Waals surface area contributed by atoms with Gasteiger partial charge in [0.2, 0.25) is 0 Å². The SMILES string of the molecule is CCOC(=O)CCCC1=CC(=O)CC=C1. The molecule has 0 N–H and O–H groups in total. The van der Waals surface area contributed by atoms with Crippen LogP contribution in [0.15, 0.2) is 23.8 Å². The Bertz CT molecular complexity index is 300. The molecule has 82 valence electrons. The number of allylic oxidation sites excluding steroid dienone is 4. The fourth-order valence-electron chi connectivity index (χ4n) is 1.47. The van der Waals surface area contributed by atoms with Crippen LogP contribution in [0.3, 0.4) is 0 Å². The summed E-state index contributed by atoms with van der Waals surface area (Å²) in [6.45, 7) is 2.23. The smallest absolute Gasteiger partial charge is 0.305 e. The number of esters is 1. The van der Waals surface area contributed by atoms with E-state index in [1.54, 1.807) is 13.0 Å². The van der Waals surface area contributed by atoms with Crippen LogP contribution in [0.5, 0.6) is 0 Å². The first-order chi connectivity index (χ1) is 7.22. The van der Waals surface area contributed by atoms with Crippen molar-refractivity contribution in [1.29, 1.82) is 0 Å². The quantitative estimate of drug-likeness (QED) is 0.650. The van der Waals surface area contributed by atoms with E-state index < -0.39 is 0 Å². The third-order valence-electron chi connectivity index (χ3n) is 2.15. The van der Waals surface area contributed by atoms with Crippen LogP contribution in [0.25, 0.3) is 0 Å². The molecule has 1 aliphatic carbocycles. The van der Waals surface area contributed by atoms with Gasteiger partial charge in [-0.25, -0.2) is 0 Å². The zero-order valence-electron chi connectivity index (χ0n) is 8.99. The number of hydrogen-bond acceptors (Lipinski definition) is 3. The largest absolute Gasteiger partial charge is 0.466 e. The number of ketones is 1. The molecule has 0 saturated carbocycles. The summed E-state index contributed by atoms with van der Waals surface area (Å²) < 4.78 is 4.81. The highest BCUT2D eigenvalue weighted by atomic mass is 16.5. The van der Waals surface area contributed by atoms with Crippen LogP contribution in [0.1, 0.15) is 32.6 Å². The minimum atomic E-state index is -0.163. The van der Waals surface area contributed by atoms with E-state index >= 15 is 0 Å². The molecule has 0 radical (unpaired) electrons. The van der Waals surface area contributed by atoms with Gasteiger partial charge in [0.15, 0.2) is 5.78 Å². The molecule has 0 amide bonds. The minimum Gasteiger partial charge on any atom is -0.466 e. The van der Waals surface area contributed by atoms with Crippen LogP contribution in [0.4, 0.5) is 0 Å². The average Bonchev–Trinajstić information content (AvgIpc) is 2.18. The van der Waals surface area contributed by atoms with Crippen LogP contribution >= 0.6 is 0 Å². The molecule has 0 saturated heterocycles. The maximum Gasteiger partial charge on any atom is 0.305 e. The van der Waals surface area contributed by atoms with Crippen molar-refractivity contribution < 1.29 is 14.3 Å². The molecule has 3 heteroatoms. The molecular weight excluding hydrogens is 192 g/mol. The Balaban J connectivity index is 2.23. The molecule has 0 unspecified atom stereocenters. The van der Waals surface area contributed by atoms with Crippen molar-refractivity contribution in [2.75, 3.05) is 6.61 Å². The van der Waals surface area contributed by atoms with Crippen molar-refractivity contribution in [3.63, 3.8) is 0 Å². The molecule has 0 aromatic carbocycles. The normalized spacial score (nSPS) is 15.0. The summed E-state index contributed by atoms with van der Waals surface area (Å²) in [5.74, 6) is -0.0205. The van der Waals surface area contributed by atoms with Gasteiger partial charge in [-0.05, 0) is 31.4 Å². The molecule has 0 aromatic rings. The molecule has 0 atom stereocenters. The monoisotopic (exact) mass is 208 g/mol. The molecule has 0 bridgehead atoms. The van der Waals surface area contributed by atoms with Crippen LogP contribution in [0.2, 0.25) is 0 Å². The van der Waals surface area contributed by atoms with Gasteiger partial charge >= 0.3 is 5.97 Å². The first kappa shape index (κ1) is 11.7. The molecule has 0 heterocycles. The van der Waals surface area contributed by atoms with Crippen molar-refractivity contribution in [2.24, 2.45) is 0 Å². The van der Waals surface area contributed by atoms with Crippen LogP contribution in [-0.2, 0) is 14.3 Å². The minimum absolute atomic E-state index is 0.142. The van der Waals surface area contributed by atoms with Gasteiger partial charge in [0.25, 0.3) is 0 Å². The zero-order valence-corrected chi connectivity index (χ0v) is 8.99. The maximum absolute atomic E-state index is 11.1. The number of rotatable bonds is 5. The van der Waals surface area contributed by atoms with Gasteiger partial charge in [-0.15, -0.1) is 0 Å². The first-order valence-corrected chi connectivity index (χ1v) is 5.28. The summed E-state index contributed by atoms with van der Waals surface area (Å²) >= 11 is 0. The van der Waals surface area contributed by atoms with Crippen molar-refractivity contribution in [1.82, 2.24) is 0 Å². The van der Waals surface area contributed by atoms with Gasteiger partial charge < -0.3 is 4.74 Å². The third kappa shape index (κ3) is 4.58. The topological polar surface area (TPSA) is 43.4 Å². The molecule has 0 aliphatic heterocycles. The number of ether oxygens (including phenoxy) is 1. The van der Waals surface area contributed by atoms with E-state index in [0.29, 0.717) is 19.4 Å². The molecule has 1 aliphatic rings. The molecule has 0 aromatic heterocycles. The summed E-state index contributed by atoms with van der Waals surface area (Å²) in [5, 5.41) is 0. The van der Waals surface area contributed by atoms with Gasteiger partial charge in [-0.3, -0.25) is 9.59 Å². The summed E-state index contributed by atoms with van der Waals surface area (Å²) in [7, 11) is 0. The Hall–Kier alpha value is -1.38. The second-order valence-electron chi connectivity index (χ2n) is 3.45. The second kappa shape index (κ2) is 6.17. The van der Waals surface area contributed by atoms with Gasteiger partial charge in [-0.2, -0.15) is 0 Å². The van der Waals surface area contributed by atoms with E-state index in [2.05, 4.69) is 0 Å². The van der Waals surface area contributed by atoms with E-state index in [4.69, 9.17) is 4.74 Å². The predicted molar refractivity (Wildman–Crippen MR) is 57.3 cm³/mol. The number of hydrogen-bond donors (Lipinski definition) is 0. The number of carbonyl (C=O) groups is 2. The van der Waals surface area contributed by atoms with Gasteiger partial charge in [-0.1, -0.05) is 12.2 Å². The van der Waals surface area contributed by atoms with Crippen molar-refractivity contribution in [3.05, 3.63) is 23.8 Å². The molecule has 0 fully saturated rings. The van der Waals surface area contributed by atoms with E-state index in [1.165, 1.54) is 0 Å². The molecule has 0 spiro atoms. The Morgan fingerprint density at radius 1 is 1.53 bits per heavy atom. The first-order valence-electron chi connectivity index (χ1n) is 5.28. The Morgan fingerprint density at radius 3 is 3.00 bits per heavy atom. The van der Waals surface area contributed by atoms with Crippen molar-refractivity contribution >= 4 is 11.8 Å². The van der Waals surface area contributed by atoms with Crippen molar-refractivity contribution in [2.45, 2.75) is 32.6 Å². The number of carbonyl (C=O) groups excluding carboxylic acids is 2. The van der Waals surface area contributed by atoms with Crippen molar-refractivity contribution in [3.8, 4) is 0 Å². The molecule has 15 heavy (non-hydrogen) atoms. The van der Waals surface area contributed by atoms with Crippen LogP contribution < -0.4 is 0 Å². The van der Waals surface area contributed by atoms with Gasteiger partial charge in [0.1, 0.15) is 0 Å². The van der Waals surface area contributed by atoms with E-state index in [9.17, 15) is 9.59 Å². The highest BCUT2D eigenvalue weighted by molar-refractivity contribution is 5.93. The summed E-state index contributed by atoms with van der Waals surface area (Å²) in [6, 6.07) is 0. The lowest BCUT2D eigenvalue weighted by molar-refractivity contribution is -0.143. The molecular formula is C12H16O3. The molecule has 3 nitrogen and oxygen atoms in total. The summed E-state index contributed by atoms with van der Waals surface area (Å²) in [5.41, 5.74) is 1.01. The fourth-order valence-corrected chi connectivity index (χ4v) is 1.47.